The third kappa shape index (κ3) is 2.85. The Kier molecular flexibility index (Phi) is 3.81. The maximum Gasteiger partial charge on any atom is 0.170 e. The fourth-order valence-electron chi connectivity index (χ4n) is 2.39. The number of thiazole rings is 1. The summed E-state index contributed by atoms with van der Waals surface area (Å²) < 4.78 is 1.09. The van der Waals surface area contributed by atoms with Crippen LogP contribution in [-0.2, 0) is 0 Å². The fourth-order valence-corrected chi connectivity index (χ4v) is 3.81. The number of pyridine rings is 2. The van der Waals surface area contributed by atoms with Gasteiger partial charge in [0.15, 0.2) is 5.65 Å². The highest BCUT2D eigenvalue weighted by Crippen LogP contribution is 2.32. The molecule has 4 aromatic rings. The molecule has 5 heteroatoms. The van der Waals surface area contributed by atoms with Crippen molar-refractivity contribution in [1.29, 1.82) is 0 Å². The predicted octanol–water partition coefficient (Wildman–Crippen LogP) is 5.14. The lowest BCUT2D eigenvalue weighted by Gasteiger charge is -2.03. The average Bonchev–Trinajstić information content (AvgIpc) is 3.06. The molecule has 1 aromatic carbocycles. The summed E-state index contributed by atoms with van der Waals surface area (Å²) in [5.74, 6) is 0. The molecule has 0 aliphatic heterocycles. The Morgan fingerprint density at radius 1 is 0.957 bits per heavy atom. The summed E-state index contributed by atoms with van der Waals surface area (Å²) in [5, 5.41) is 0.954. The van der Waals surface area contributed by atoms with Crippen LogP contribution in [-0.4, -0.2) is 21.2 Å². The number of rotatable bonds is 3. The molecule has 0 aliphatic carbocycles. The smallest absolute Gasteiger partial charge is 0.170 e. The van der Waals surface area contributed by atoms with E-state index in [-0.39, 0.29) is 0 Å². The molecule has 4 rings (SSSR count). The van der Waals surface area contributed by atoms with Crippen molar-refractivity contribution in [1.82, 2.24) is 15.0 Å². The Bertz CT molecular complexity index is 964. The maximum atomic E-state index is 4.61. The highest BCUT2D eigenvalue weighted by molar-refractivity contribution is 7.98. The van der Waals surface area contributed by atoms with Gasteiger partial charge in [0.2, 0.25) is 0 Å². The average molecular weight is 335 g/mol. The largest absolute Gasteiger partial charge is 0.264 e. The van der Waals surface area contributed by atoms with E-state index in [0.717, 1.165) is 26.5 Å². The molecule has 0 amide bonds. The first-order valence-corrected chi connectivity index (χ1v) is 9.19. The number of hydrogen-bond acceptors (Lipinski definition) is 5. The van der Waals surface area contributed by atoms with Crippen LogP contribution in [0, 0.1) is 0 Å². The first kappa shape index (κ1) is 14.4. The van der Waals surface area contributed by atoms with Gasteiger partial charge in [0.1, 0.15) is 5.01 Å². The van der Waals surface area contributed by atoms with Crippen molar-refractivity contribution in [2.45, 2.75) is 4.90 Å². The Hall–Kier alpha value is -2.24. The minimum atomic E-state index is 0.790. The van der Waals surface area contributed by atoms with Gasteiger partial charge < -0.3 is 0 Å². The van der Waals surface area contributed by atoms with Crippen LogP contribution in [0.25, 0.3) is 32.0 Å². The molecule has 0 unspecified atom stereocenters. The molecule has 0 saturated heterocycles. The van der Waals surface area contributed by atoms with Crippen molar-refractivity contribution in [3.05, 3.63) is 61.1 Å². The van der Waals surface area contributed by atoms with E-state index in [4.69, 9.17) is 0 Å². The second-order valence-corrected chi connectivity index (χ2v) is 6.95. The first-order chi connectivity index (χ1) is 11.3. The van der Waals surface area contributed by atoms with E-state index >= 15 is 0 Å². The number of hydrogen-bond donors (Lipinski definition) is 0. The maximum absolute atomic E-state index is 4.61. The molecule has 0 fully saturated rings. The van der Waals surface area contributed by atoms with Gasteiger partial charge in [0.25, 0.3) is 0 Å². The number of benzene rings is 1. The lowest BCUT2D eigenvalue weighted by molar-refractivity contribution is 1.30. The molecule has 0 aliphatic rings. The van der Waals surface area contributed by atoms with Crippen LogP contribution in [0.3, 0.4) is 0 Å². The summed E-state index contributed by atoms with van der Waals surface area (Å²) >= 11 is 3.40. The summed E-state index contributed by atoms with van der Waals surface area (Å²) in [4.78, 5) is 14.6. The van der Waals surface area contributed by atoms with E-state index in [0.29, 0.717) is 0 Å². The third-order valence-electron chi connectivity index (χ3n) is 3.56. The van der Waals surface area contributed by atoms with E-state index < -0.39 is 0 Å². The molecule has 0 spiro atoms. The highest BCUT2D eigenvalue weighted by atomic mass is 32.2. The van der Waals surface area contributed by atoms with Crippen LogP contribution in [0.15, 0.2) is 66.0 Å². The SMILES string of the molecule is CSc1cccc(-c2cnc3nc(-c4cccnc4)sc3c2)c1. The van der Waals surface area contributed by atoms with Gasteiger partial charge >= 0.3 is 0 Å². The summed E-state index contributed by atoms with van der Waals surface area (Å²) in [7, 11) is 0. The topological polar surface area (TPSA) is 38.7 Å². The van der Waals surface area contributed by atoms with Crippen molar-refractivity contribution in [3.8, 4) is 21.7 Å². The number of fused-ring (bicyclic) bond motifs is 1. The molecule has 112 valence electrons. The Morgan fingerprint density at radius 3 is 2.70 bits per heavy atom. The molecule has 3 heterocycles. The molecule has 0 saturated carbocycles. The normalized spacial score (nSPS) is 11.0. The van der Waals surface area contributed by atoms with E-state index in [1.807, 2.05) is 24.5 Å². The van der Waals surface area contributed by atoms with Crippen molar-refractivity contribution >= 4 is 33.4 Å². The van der Waals surface area contributed by atoms with Gasteiger partial charge in [-0.1, -0.05) is 12.1 Å². The zero-order valence-corrected chi connectivity index (χ0v) is 14.1. The number of thioether (sulfide) groups is 1. The summed E-state index contributed by atoms with van der Waals surface area (Å²) in [6.07, 6.45) is 7.59. The van der Waals surface area contributed by atoms with Crippen molar-refractivity contribution in [2.75, 3.05) is 6.26 Å². The highest BCUT2D eigenvalue weighted by Gasteiger charge is 2.09. The monoisotopic (exact) mass is 335 g/mol. The molecule has 0 bridgehead atoms. The lowest BCUT2D eigenvalue weighted by Crippen LogP contribution is -1.82. The van der Waals surface area contributed by atoms with Crippen molar-refractivity contribution in [3.63, 3.8) is 0 Å². The van der Waals surface area contributed by atoms with Gasteiger partial charge in [-0.05, 0) is 42.2 Å². The summed E-state index contributed by atoms with van der Waals surface area (Å²) in [5.41, 5.74) is 4.12. The minimum absolute atomic E-state index is 0.790. The lowest BCUT2D eigenvalue weighted by atomic mass is 10.1. The molecule has 0 N–H and O–H groups in total. The van der Waals surface area contributed by atoms with Crippen molar-refractivity contribution in [2.24, 2.45) is 0 Å². The second kappa shape index (κ2) is 6.10. The first-order valence-electron chi connectivity index (χ1n) is 7.15. The summed E-state index contributed by atoms with van der Waals surface area (Å²) in [6, 6.07) is 14.6. The fraction of sp³-hybridized carbons (Fsp3) is 0.0556. The van der Waals surface area contributed by atoms with E-state index in [1.54, 1.807) is 29.3 Å². The van der Waals surface area contributed by atoms with E-state index in [9.17, 15) is 0 Å². The third-order valence-corrected chi connectivity index (χ3v) is 5.32. The number of aromatic nitrogens is 3. The quantitative estimate of drug-likeness (QED) is 0.486. The molecule has 0 radical (unpaired) electrons. The Labute approximate surface area is 142 Å². The zero-order chi connectivity index (χ0) is 15.6. The van der Waals surface area contributed by atoms with Gasteiger partial charge in [0, 0.05) is 34.6 Å². The molecule has 3 nitrogen and oxygen atoms in total. The Morgan fingerprint density at radius 2 is 1.87 bits per heavy atom. The van der Waals surface area contributed by atoms with Gasteiger partial charge in [0.05, 0.1) is 4.70 Å². The second-order valence-electron chi connectivity index (χ2n) is 5.04. The van der Waals surface area contributed by atoms with Crippen LogP contribution >= 0.6 is 23.1 Å². The minimum Gasteiger partial charge on any atom is -0.264 e. The van der Waals surface area contributed by atoms with Gasteiger partial charge in [-0.2, -0.15) is 0 Å². The van der Waals surface area contributed by atoms with Gasteiger partial charge in [-0.3, -0.25) is 4.98 Å². The Balaban J connectivity index is 1.79. The standard InChI is InChI=1S/C18H13N3S2/c1-22-15-6-2-4-12(8-15)14-9-16-17(20-11-14)21-18(23-16)13-5-3-7-19-10-13/h2-11H,1H3. The van der Waals surface area contributed by atoms with Crippen LogP contribution in [0.2, 0.25) is 0 Å². The zero-order valence-electron chi connectivity index (χ0n) is 12.4. The van der Waals surface area contributed by atoms with E-state index in [1.165, 1.54) is 10.5 Å². The molecule has 0 atom stereocenters. The van der Waals surface area contributed by atoms with Crippen LogP contribution in [0.1, 0.15) is 0 Å². The van der Waals surface area contributed by atoms with E-state index in [2.05, 4.69) is 51.5 Å². The number of nitrogens with zero attached hydrogens (tertiary/aromatic N) is 3. The summed E-state index contributed by atoms with van der Waals surface area (Å²) in [6.45, 7) is 0. The van der Waals surface area contributed by atoms with Crippen LogP contribution in [0.4, 0.5) is 0 Å². The van der Waals surface area contributed by atoms with Gasteiger partial charge in [-0.25, -0.2) is 9.97 Å². The van der Waals surface area contributed by atoms with Crippen LogP contribution < -0.4 is 0 Å². The predicted molar refractivity (Wildman–Crippen MR) is 97.9 cm³/mol. The molecule has 23 heavy (non-hydrogen) atoms. The van der Waals surface area contributed by atoms with Gasteiger partial charge in [-0.15, -0.1) is 23.1 Å². The van der Waals surface area contributed by atoms with Crippen molar-refractivity contribution < 1.29 is 0 Å². The molecular weight excluding hydrogens is 322 g/mol. The van der Waals surface area contributed by atoms with Crippen LogP contribution in [0.5, 0.6) is 0 Å². The molecular formula is C18H13N3S2. The molecule has 3 aromatic heterocycles.